The minimum Gasteiger partial charge on any atom is -0.247 e. The number of fused-ring (bicyclic) bond motifs is 2. The van der Waals surface area contributed by atoms with E-state index in [0.29, 0.717) is 0 Å². The van der Waals surface area contributed by atoms with Crippen LogP contribution in [0.15, 0.2) is 6.07 Å². The quantitative estimate of drug-likeness (QED) is 0.410. The van der Waals surface area contributed by atoms with Crippen LogP contribution in [0, 0.1) is 48.5 Å². The van der Waals surface area contributed by atoms with Gasteiger partial charge in [-0.15, -0.1) is 0 Å². The summed E-state index contributed by atoms with van der Waals surface area (Å²) >= 11 is 0. The van der Waals surface area contributed by atoms with Crippen molar-refractivity contribution in [3.63, 3.8) is 0 Å². The van der Waals surface area contributed by atoms with Crippen LogP contribution in [0.25, 0.3) is 21.8 Å². The fraction of sp³-hybridized carbons (Fsp3) is 0.458. The molecule has 0 spiro atoms. The summed E-state index contributed by atoms with van der Waals surface area (Å²) in [4.78, 5) is 5.18. The zero-order valence-electron chi connectivity index (χ0n) is 17.5. The smallest absolute Gasteiger partial charge is 0.0747 e. The Bertz CT molecular complexity index is 1030. The molecular formula is C24H31N. The van der Waals surface area contributed by atoms with Crippen molar-refractivity contribution in [2.75, 3.05) is 0 Å². The fourth-order valence-electron chi connectivity index (χ4n) is 4.20. The van der Waals surface area contributed by atoms with E-state index in [9.17, 15) is 0 Å². The molecule has 2 aromatic carbocycles. The normalized spacial score (nSPS) is 12.4. The Morgan fingerprint density at radius 3 is 1.72 bits per heavy atom. The maximum Gasteiger partial charge on any atom is 0.0747 e. The number of pyridine rings is 1. The van der Waals surface area contributed by atoms with Gasteiger partial charge >= 0.3 is 0 Å². The Balaban J connectivity index is 2.78. The van der Waals surface area contributed by atoms with Gasteiger partial charge in [0.05, 0.1) is 11.0 Å². The lowest BCUT2D eigenvalue weighted by molar-refractivity contribution is 0.600. The van der Waals surface area contributed by atoms with E-state index in [-0.39, 0.29) is 5.41 Å². The van der Waals surface area contributed by atoms with Gasteiger partial charge in [-0.3, -0.25) is 0 Å². The predicted molar refractivity (Wildman–Crippen MR) is 111 cm³/mol. The molecular weight excluding hydrogens is 302 g/mol. The Morgan fingerprint density at radius 2 is 1.16 bits per heavy atom. The number of aromatic nitrogens is 1. The average Bonchev–Trinajstić information content (AvgIpc) is 2.53. The molecule has 0 radical (unpaired) electrons. The summed E-state index contributed by atoms with van der Waals surface area (Å²) in [6, 6.07) is 2.27. The molecule has 132 valence electrons. The topological polar surface area (TPSA) is 12.9 Å². The highest BCUT2D eigenvalue weighted by molar-refractivity contribution is 6.03. The molecule has 0 bridgehead atoms. The van der Waals surface area contributed by atoms with Crippen LogP contribution in [-0.4, -0.2) is 4.98 Å². The molecule has 0 aliphatic rings. The van der Waals surface area contributed by atoms with Crippen LogP contribution in [0.5, 0.6) is 0 Å². The van der Waals surface area contributed by atoms with Crippen molar-refractivity contribution in [2.24, 2.45) is 0 Å². The number of nitrogens with zero attached hydrogens (tertiary/aromatic N) is 1. The molecule has 25 heavy (non-hydrogen) atoms. The van der Waals surface area contributed by atoms with Gasteiger partial charge in [-0.05, 0) is 104 Å². The molecule has 0 fully saturated rings. The van der Waals surface area contributed by atoms with E-state index in [1.54, 1.807) is 0 Å². The summed E-state index contributed by atoms with van der Waals surface area (Å²) < 4.78 is 0. The minimum absolute atomic E-state index is 0.0603. The second-order valence-electron chi connectivity index (χ2n) is 8.80. The van der Waals surface area contributed by atoms with Crippen LogP contribution in [0.3, 0.4) is 0 Å². The van der Waals surface area contributed by atoms with Crippen LogP contribution in [-0.2, 0) is 5.41 Å². The van der Waals surface area contributed by atoms with E-state index in [1.807, 2.05) is 0 Å². The first-order valence-corrected chi connectivity index (χ1v) is 9.27. The summed E-state index contributed by atoms with van der Waals surface area (Å²) in [6.45, 7) is 22.7. The molecule has 0 N–H and O–H groups in total. The van der Waals surface area contributed by atoms with Gasteiger partial charge in [-0.1, -0.05) is 20.8 Å². The monoisotopic (exact) mass is 333 g/mol. The molecule has 1 heteroatoms. The van der Waals surface area contributed by atoms with Crippen molar-refractivity contribution in [3.05, 3.63) is 50.6 Å². The Labute approximate surface area is 152 Å². The van der Waals surface area contributed by atoms with Crippen molar-refractivity contribution >= 4 is 21.8 Å². The van der Waals surface area contributed by atoms with Gasteiger partial charge in [0.1, 0.15) is 0 Å². The summed E-state index contributed by atoms with van der Waals surface area (Å²) in [5.41, 5.74) is 13.4. The number of hydrogen-bond donors (Lipinski definition) is 0. The third-order valence-electron chi connectivity index (χ3n) is 6.28. The number of aryl methyl sites for hydroxylation is 4. The highest BCUT2D eigenvalue weighted by atomic mass is 14.7. The first kappa shape index (κ1) is 17.9. The van der Waals surface area contributed by atoms with E-state index in [0.717, 1.165) is 5.52 Å². The molecule has 1 nitrogen and oxygen atoms in total. The third kappa shape index (κ3) is 2.47. The van der Waals surface area contributed by atoms with E-state index >= 15 is 0 Å². The minimum atomic E-state index is 0.0603. The van der Waals surface area contributed by atoms with Gasteiger partial charge in [0.15, 0.2) is 0 Å². The second-order valence-corrected chi connectivity index (χ2v) is 8.80. The molecule has 0 saturated carbocycles. The fourth-order valence-corrected chi connectivity index (χ4v) is 4.20. The zero-order chi connectivity index (χ0) is 18.8. The lowest BCUT2D eigenvalue weighted by Gasteiger charge is -2.28. The van der Waals surface area contributed by atoms with Crippen molar-refractivity contribution in [3.8, 4) is 0 Å². The van der Waals surface area contributed by atoms with Gasteiger partial charge in [-0.25, -0.2) is 4.98 Å². The SMILES string of the molecule is Cc1cc2nc3c(C)c(C)c(C)c(C)c3c(C(C)(C)C)c2c(C)c1C. The number of benzene rings is 2. The van der Waals surface area contributed by atoms with E-state index in [2.05, 4.69) is 75.3 Å². The molecule has 0 saturated heterocycles. The highest BCUT2D eigenvalue weighted by Crippen LogP contribution is 2.42. The van der Waals surface area contributed by atoms with Crippen LogP contribution in [0.4, 0.5) is 0 Å². The maximum atomic E-state index is 5.18. The molecule has 1 heterocycles. The first-order chi connectivity index (χ1) is 11.5. The largest absolute Gasteiger partial charge is 0.247 e. The van der Waals surface area contributed by atoms with Gasteiger partial charge in [-0.2, -0.15) is 0 Å². The predicted octanol–water partition coefficient (Wildman–Crippen LogP) is 6.84. The molecule has 0 amide bonds. The first-order valence-electron chi connectivity index (χ1n) is 9.27. The standard InChI is InChI=1S/C24H31N/c1-12-11-19-20(16(5)13(12)2)22(24(8,9)10)21-17(6)14(3)15(4)18(7)23(21)25-19/h11H,1-10H3. The molecule has 0 unspecified atom stereocenters. The van der Waals surface area contributed by atoms with Crippen molar-refractivity contribution in [1.82, 2.24) is 4.98 Å². The van der Waals surface area contributed by atoms with Gasteiger partial charge in [0.25, 0.3) is 0 Å². The van der Waals surface area contributed by atoms with Crippen molar-refractivity contribution in [2.45, 2.75) is 74.7 Å². The van der Waals surface area contributed by atoms with Crippen LogP contribution in [0.2, 0.25) is 0 Å². The highest BCUT2D eigenvalue weighted by Gasteiger charge is 2.26. The summed E-state index contributed by atoms with van der Waals surface area (Å²) in [7, 11) is 0. The van der Waals surface area contributed by atoms with Crippen LogP contribution < -0.4 is 0 Å². The van der Waals surface area contributed by atoms with Gasteiger partial charge in [0, 0.05) is 10.8 Å². The molecule has 1 aromatic heterocycles. The third-order valence-corrected chi connectivity index (χ3v) is 6.28. The van der Waals surface area contributed by atoms with Gasteiger partial charge < -0.3 is 0 Å². The molecule has 3 aromatic rings. The lowest BCUT2D eigenvalue weighted by atomic mass is 9.77. The van der Waals surface area contributed by atoms with E-state index < -0.39 is 0 Å². The second kappa shape index (κ2) is 5.56. The molecule has 0 aliphatic carbocycles. The van der Waals surface area contributed by atoms with Crippen LogP contribution in [0.1, 0.15) is 65.3 Å². The molecule has 0 atom stereocenters. The Hall–Kier alpha value is -1.89. The molecule has 3 rings (SSSR count). The van der Waals surface area contributed by atoms with Crippen molar-refractivity contribution in [1.29, 1.82) is 0 Å². The average molecular weight is 334 g/mol. The van der Waals surface area contributed by atoms with E-state index in [1.165, 1.54) is 60.8 Å². The van der Waals surface area contributed by atoms with E-state index in [4.69, 9.17) is 4.98 Å². The Morgan fingerprint density at radius 1 is 0.640 bits per heavy atom. The Kier molecular flexibility index (Phi) is 3.98. The summed E-state index contributed by atoms with van der Waals surface area (Å²) in [5, 5.41) is 2.72. The summed E-state index contributed by atoms with van der Waals surface area (Å²) in [6.07, 6.45) is 0. The lowest BCUT2D eigenvalue weighted by Crippen LogP contribution is -2.16. The summed E-state index contributed by atoms with van der Waals surface area (Å²) in [5.74, 6) is 0. The molecule has 0 aliphatic heterocycles. The number of hydrogen-bond acceptors (Lipinski definition) is 1. The van der Waals surface area contributed by atoms with Crippen LogP contribution >= 0.6 is 0 Å². The number of rotatable bonds is 0. The zero-order valence-corrected chi connectivity index (χ0v) is 17.5. The van der Waals surface area contributed by atoms with Gasteiger partial charge in [0.2, 0.25) is 0 Å². The maximum absolute atomic E-state index is 5.18. The van der Waals surface area contributed by atoms with Crippen molar-refractivity contribution < 1.29 is 0 Å².